The Balaban J connectivity index is 1.67. The summed E-state index contributed by atoms with van der Waals surface area (Å²) in [4.78, 5) is 77.0. The van der Waals surface area contributed by atoms with Crippen LogP contribution in [-0.4, -0.2) is 70.7 Å². The molecule has 2 aromatic rings. The summed E-state index contributed by atoms with van der Waals surface area (Å²) in [5, 5.41) is 5.15. The third kappa shape index (κ3) is 11.9. The minimum atomic E-state index is -1.19. The van der Waals surface area contributed by atoms with Crippen LogP contribution in [-0.2, 0) is 46.4 Å². The Labute approximate surface area is 267 Å². The predicted molar refractivity (Wildman–Crippen MR) is 164 cm³/mol. The van der Waals surface area contributed by atoms with E-state index in [-0.39, 0.29) is 31.6 Å². The molecule has 1 heterocycles. The van der Waals surface area contributed by atoms with Gasteiger partial charge >= 0.3 is 18.2 Å². The van der Waals surface area contributed by atoms with Gasteiger partial charge in [0.2, 0.25) is 11.8 Å². The van der Waals surface area contributed by atoms with Gasteiger partial charge in [0, 0.05) is 12.8 Å². The molecular formula is C33H41N3O10. The predicted octanol–water partition coefficient (Wildman–Crippen LogP) is 3.81. The number of carbonyl (C=O) groups is 6. The summed E-state index contributed by atoms with van der Waals surface area (Å²) in [6.07, 6.45) is -1.84. The molecule has 1 aliphatic heterocycles. The summed E-state index contributed by atoms with van der Waals surface area (Å²) in [5.41, 5.74) is -0.256. The Kier molecular flexibility index (Phi) is 11.9. The maximum absolute atomic E-state index is 13.5. The van der Waals surface area contributed by atoms with Crippen molar-refractivity contribution in [2.75, 3.05) is 6.54 Å². The van der Waals surface area contributed by atoms with E-state index in [0.717, 1.165) is 10.5 Å². The van der Waals surface area contributed by atoms with Gasteiger partial charge in [-0.3, -0.25) is 24.1 Å². The van der Waals surface area contributed by atoms with Crippen molar-refractivity contribution >= 4 is 35.9 Å². The van der Waals surface area contributed by atoms with Gasteiger partial charge in [-0.1, -0.05) is 42.5 Å². The van der Waals surface area contributed by atoms with Crippen LogP contribution in [0.5, 0.6) is 5.75 Å². The molecule has 13 heteroatoms. The van der Waals surface area contributed by atoms with Gasteiger partial charge in [-0.2, -0.15) is 0 Å². The van der Waals surface area contributed by atoms with Crippen molar-refractivity contribution in [1.29, 1.82) is 0 Å². The number of esters is 1. The molecule has 2 N–H and O–H groups in total. The third-order valence-electron chi connectivity index (χ3n) is 6.32. The molecule has 1 aliphatic rings. The topological polar surface area (TPSA) is 167 Å². The monoisotopic (exact) mass is 639 g/mol. The van der Waals surface area contributed by atoms with E-state index in [1.54, 1.807) is 77.9 Å². The van der Waals surface area contributed by atoms with Crippen LogP contribution in [0.2, 0.25) is 0 Å². The molecule has 46 heavy (non-hydrogen) atoms. The normalized spacial score (nSPS) is 15.8. The second-order valence-corrected chi connectivity index (χ2v) is 12.7. The highest BCUT2D eigenvalue weighted by Crippen LogP contribution is 2.18. The maximum Gasteiger partial charge on any atom is 0.514 e. The Morgan fingerprint density at radius 1 is 0.870 bits per heavy atom. The lowest BCUT2D eigenvalue weighted by Gasteiger charge is -2.31. The summed E-state index contributed by atoms with van der Waals surface area (Å²) in [6, 6.07) is 12.8. The quantitative estimate of drug-likeness (QED) is 0.169. The second-order valence-electron chi connectivity index (χ2n) is 12.7. The lowest BCUT2D eigenvalue weighted by molar-refractivity contribution is -0.159. The number of hydrogen-bond donors (Lipinski definition) is 2. The van der Waals surface area contributed by atoms with Crippen LogP contribution in [0, 0.1) is 0 Å². The second kappa shape index (κ2) is 15.4. The summed E-state index contributed by atoms with van der Waals surface area (Å²) in [6.45, 7) is 9.50. The first-order valence-corrected chi connectivity index (χ1v) is 14.8. The molecular weight excluding hydrogens is 598 g/mol. The van der Waals surface area contributed by atoms with E-state index in [1.807, 2.05) is 6.07 Å². The van der Waals surface area contributed by atoms with Gasteiger partial charge in [-0.15, -0.1) is 0 Å². The lowest BCUT2D eigenvalue weighted by Crippen LogP contribution is -2.59. The first-order chi connectivity index (χ1) is 21.5. The molecule has 1 fully saturated rings. The van der Waals surface area contributed by atoms with E-state index in [0.29, 0.717) is 5.56 Å². The molecule has 4 amide bonds. The summed E-state index contributed by atoms with van der Waals surface area (Å²) in [5.74, 6) is -2.61. The molecule has 3 rings (SSSR count). The summed E-state index contributed by atoms with van der Waals surface area (Å²) < 4.78 is 20.9. The number of imide groups is 1. The third-order valence-corrected chi connectivity index (χ3v) is 6.32. The maximum atomic E-state index is 13.5. The number of alkyl carbamates (subject to hydrolysis) is 1. The van der Waals surface area contributed by atoms with E-state index >= 15 is 0 Å². The van der Waals surface area contributed by atoms with Gasteiger partial charge in [-0.05, 0) is 71.2 Å². The number of nitrogens with zero attached hydrogens (tertiary/aromatic N) is 1. The number of rotatable bonds is 10. The molecule has 0 aromatic heterocycles. The summed E-state index contributed by atoms with van der Waals surface area (Å²) in [7, 11) is 0. The van der Waals surface area contributed by atoms with Crippen LogP contribution >= 0.6 is 0 Å². The standard InChI is InChI=1S/C33H41N3O10/c1-32(2,3)45-30(41)35-25(18-21-12-14-23(15-13-21)44-31(42)46-33(4,5)6)28(39)34-24-16-17-26(37)36(29(24)40)19-27(38)43-20-22-10-8-7-9-11-22/h7-15,24-25H,16-20H2,1-6H3,(H,34,39)(H,35,41)/t24-,25-/m0/s1. The smallest absolute Gasteiger partial charge is 0.459 e. The van der Waals surface area contributed by atoms with Crippen molar-refractivity contribution in [3.05, 3.63) is 65.7 Å². The molecule has 0 unspecified atom stereocenters. The van der Waals surface area contributed by atoms with Crippen LogP contribution in [0.15, 0.2) is 54.6 Å². The Morgan fingerprint density at radius 3 is 2.11 bits per heavy atom. The van der Waals surface area contributed by atoms with E-state index in [1.165, 1.54) is 12.1 Å². The van der Waals surface area contributed by atoms with Gasteiger partial charge in [0.05, 0.1) is 0 Å². The zero-order chi connectivity index (χ0) is 34.1. The van der Waals surface area contributed by atoms with Gasteiger partial charge < -0.3 is 29.6 Å². The number of piperidine rings is 1. The Morgan fingerprint density at radius 2 is 1.50 bits per heavy atom. The fourth-order valence-electron chi connectivity index (χ4n) is 4.28. The minimum Gasteiger partial charge on any atom is -0.459 e. The van der Waals surface area contributed by atoms with Crippen LogP contribution in [0.4, 0.5) is 9.59 Å². The number of benzene rings is 2. The minimum absolute atomic E-state index is 0.00876. The van der Waals surface area contributed by atoms with E-state index in [9.17, 15) is 28.8 Å². The fourth-order valence-corrected chi connectivity index (χ4v) is 4.28. The van der Waals surface area contributed by atoms with Crippen LogP contribution in [0.1, 0.15) is 65.5 Å². The van der Waals surface area contributed by atoms with Gasteiger partial charge in [0.1, 0.15) is 42.2 Å². The zero-order valence-electron chi connectivity index (χ0n) is 26.9. The van der Waals surface area contributed by atoms with Crippen molar-refractivity contribution in [2.24, 2.45) is 0 Å². The van der Waals surface area contributed by atoms with Gasteiger partial charge in [0.15, 0.2) is 0 Å². The van der Waals surface area contributed by atoms with Crippen molar-refractivity contribution in [1.82, 2.24) is 15.5 Å². The zero-order valence-corrected chi connectivity index (χ0v) is 26.9. The van der Waals surface area contributed by atoms with E-state index < -0.39 is 65.8 Å². The SMILES string of the molecule is CC(C)(C)OC(=O)N[C@@H](Cc1ccc(OC(=O)OC(C)(C)C)cc1)C(=O)N[C@H]1CCC(=O)N(CC(=O)OCc2ccccc2)C1=O. The van der Waals surface area contributed by atoms with Gasteiger partial charge in [0.25, 0.3) is 5.91 Å². The van der Waals surface area contributed by atoms with Gasteiger partial charge in [-0.25, -0.2) is 9.59 Å². The molecule has 0 aliphatic carbocycles. The fraction of sp³-hybridized carbons (Fsp3) is 0.455. The number of amides is 4. The summed E-state index contributed by atoms with van der Waals surface area (Å²) >= 11 is 0. The number of likely N-dealkylation sites (tertiary alicyclic amines) is 1. The van der Waals surface area contributed by atoms with Crippen molar-refractivity contribution in [2.45, 2.75) is 90.7 Å². The Hall–Kier alpha value is -4.94. The lowest BCUT2D eigenvalue weighted by atomic mass is 10.0. The molecule has 1 saturated heterocycles. The van der Waals surface area contributed by atoms with Crippen molar-refractivity contribution < 1.29 is 47.7 Å². The van der Waals surface area contributed by atoms with E-state index in [4.69, 9.17) is 18.9 Å². The number of nitrogens with one attached hydrogen (secondary N) is 2. The van der Waals surface area contributed by atoms with Crippen molar-refractivity contribution in [3.63, 3.8) is 0 Å². The molecule has 0 bridgehead atoms. The van der Waals surface area contributed by atoms with E-state index in [2.05, 4.69) is 10.6 Å². The first-order valence-electron chi connectivity index (χ1n) is 14.8. The van der Waals surface area contributed by atoms with Crippen LogP contribution < -0.4 is 15.4 Å². The highest BCUT2D eigenvalue weighted by molar-refractivity contribution is 6.04. The molecule has 0 radical (unpaired) electrons. The van der Waals surface area contributed by atoms with Crippen molar-refractivity contribution in [3.8, 4) is 5.75 Å². The molecule has 0 spiro atoms. The number of hydrogen-bond acceptors (Lipinski definition) is 10. The van der Waals surface area contributed by atoms with Crippen LogP contribution in [0.3, 0.4) is 0 Å². The molecule has 248 valence electrons. The molecule has 0 saturated carbocycles. The first kappa shape index (κ1) is 35.5. The Bertz CT molecular complexity index is 1410. The number of carbonyl (C=O) groups excluding carboxylic acids is 6. The highest BCUT2D eigenvalue weighted by atomic mass is 16.7. The number of ether oxygens (including phenoxy) is 4. The molecule has 13 nitrogen and oxygen atoms in total. The highest BCUT2D eigenvalue weighted by Gasteiger charge is 2.38. The molecule has 2 aromatic carbocycles. The van der Waals surface area contributed by atoms with Crippen LogP contribution in [0.25, 0.3) is 0 Å². The molecule has 2 atom stereocenters. The largest absolute Gasteiger partial charge is 0.514 e. The average Bonchev–Trinajstić information content (AvgIpc) is 2.95. The average molecular weight is 640 g/mol.